The summed E-state index contributed by atoms with van der Waals surface area (Å²) >= 11 is 3.34. The summed E-state index contributed by atoms with van der Waals surface area (Å²) in [7, 11) is 0. The summed E-state index contributed by atoms with van der Waals surface area (Å²) in [5.41, 5.74) is -0.689. The fraction of sp³-hybridized carbons (Fsp3) is 0.462. The van der Waals surface area contributed by atoms with Crippen molar-refractivity contribution in [1.29, 1.82) is 0 Å². The SMILES string of the molecule is CCC1(O)CN(C(=O)COc2cccc(Br)c2)C1. The number of ether oxygens (including phenoxy) is 1. The third kappa shape index (κ3) is 3.03. The Hall–Kier alpha value is -1.07. The molecule has 0 aliphatic carbocycles. The first kappa shape index (κ1) is 13.4. The van der Waals surface area contributed by atoms with E-state index in [1.54, 1.807) is 11.0 Å². The van der Waals surface area contributed by atoms with Gasteiger partial charge in [-0.2, -0.15) is 0 Å². The summed E-state index contributed by atoms with van der Waals surface area (Å²) in [6.07, 6.45) is 0.670. The zero-order valence-electron chi connectivity index (χ0n) is 10.2. The minimum atomic E-state index is -0.689. The molecule has 98 valence electrons. The van der Waals surface area contributed by atoms with E-state index in [-0.39, 0.29) is 12.5 Å². The number of nitrogens with zero attached hydrogens (tertiary/aromatic N) is 1. The molecule has 0 atom stereocenters. The van der Waals surface area contributed by atoms with Gasteiger partial charge in [-0.3, -0.25) is 4.79 Å². The van der Waals surface area contributed by atoms with Crippen LogP contribution in [-0.2, 0) is 4.79 Å². The van der Waals surface area contributed by atoms with Gasteiger partial charge in [-0.25, -0.2) is 0 Å². The van der Waals surface area contributed by atoms with E-state index in [2.05, 4.69) is 15.9 Å². The fourth-order valence-corrected chi connectivity index (χ4v) is 2.24. The predicted molar refractivity (Wildman–Crippen MR) is 71.5 cm³/mol. The van der Waals surface area contributed by atoms with Gasteiger partial charge in [0.15, 0.2) is 6.61 Å². The molecule has 18 heavy (non-hydrogen) atoms. The molecule has 0 unspecified atom stereocenters. The topological polar surface area (TPSA) is 49.8 Å². The van der Waals surface area contributed by atoms with Crippen molar-refractivity contribution in [2.24, 2.45) is 0 Å². The van der Waals surface area contributed by atoms with Gasteiger partial charge in [0.25, 0.3) is 5.91 Å². The maximum absolute atomic E-state index is 11.8. The monoisotopic (exact) mass is 313 g/mol. The first-order valence-corrected chi connectivity index (χ1v) is 6.70. The summed E-state index contributed by atoms with van der Waals surface area (Å²) in [4.78, 5) is 13.4. The highest BCUT2D eigenvalue weighted by Crippen LogP contribution is 2.24. The molecule has 1 heterocycles. The van der Waals surface area contributed by atoms with Gasteiger partial charge in [0.1, 0.15) is 5.75 Å². The lowest BCUT2D eigenvalue weighted by molar-refractivity contribution is -0.157. The Kier molecular flexibility index (Phi) is 3.92. The molecule has 0 saturated carbocycles. The number of likely N-dealkylation sites (tertiary alicyclic amines) is 1. The van der Waals surface area contributed by atoms with Crippen molar-refractivity contribution in [3.05, 3.63) is 28.7 Å². The maximum atomic E-state index is 11.8. The highest BCUT2D eigenvalue weighted by atomic mass is 79.9. The van der Waals surface area contributed by atoms with Crippen LogP contribution in [0.25, 0.3) is 0 Å². The highest BCUT2D eigenvalue weighted by molar-refractivity contribution is 9.10. The molecule has 1 N–H and O–H groups in total. The van der Waals surface area contributed by atoms with Crippen molar-refractivity contribution in [2.45, 2.75) is 18.9 Å². The van der Waals surface area contributed by atoms with Gasteiger partial charge in [-0.1, -0.05) is 28.9 Å². The Morgan fingerprint density at radius 2 is 2.28 bits per heavy atom. The Balaban J connectivity index is 1.80. The van der Waals surface area contributed by atoms with Crippen molar-refractivity contribution in [3.63, 3.8) is 0 Å². The van der Waals surface area contributed by atoms with E-state index in [9.17, 15) is 9.90 Å². The molecule has 1 aliphatic rings. The molecule has 2 rings (SSSR count). The number of carbonyl (C=O) groups is 1. The number of aliphatic hydroxyl groups is 1. The third-order valence-electron chi connectivity index (χ3n) is 3.14. The molecular weight excluding hydrogens is 298 g/mol. The van der Waals surface area contributed by atoms with Gasteiger partial charge in [0.05, 0.1) is 18.7 Å². The lowest BCUT2D eigenvalue weighted by Gasteiger charge is -2.45. The highest BCUT2D eigenvalue weighted by Gasteiger charge is 2.41. The average molecular weight is 314 g/mol. The minimum Gasteiger partial charge on any atom is -0.484 e. The van der Waals surface area contributed by atoms with E-state index < -0.39 is 5.60 Å². The third-order valence-corrected chi connectivity index (χ3v) is 3.63. The number of β-amino-alcohol motifs (C(OH)–C–C–N with tert-alkyl or cyclic N) is 1. The Morgan fingerprint density at radius 3 is 2.89 bits per heavy atom. The van der Waals surface area contributed by atoms with Gasteiger partial charge >= 0.3 is 0 Å². The number of halogens is 1. The van der Waals surface area contributed by atoms with E-state index in [4.69, 9.17) is 4.74 Å². The summed E-state index contributed by atoms with van der Waals surface area (Å²) < 4.78 is 6.32. The van der Waals surface area contributed by atoms with E-state index >= 15 is 0 Å². The summed E-state index contributed by atoms with van der Waals surface area (Å²) in [6, 6.07) is 7.36. The molecule has 5 heteroatoms. The lowest BCUT2D eigenvalue weighted by Crippen LogP contribution is -2.63. The van der Waals surface area contributed by atoms with Crippen LogP contribution < -0.4 is 4.74 Å². The molecule has 1 aromatic rings. The minimum absolute atomic E-state index is 0.0102. The maximum Gasteiger partial charge on any atom is 0.260 e. The predicted octanol–water partition coefficient (Wildman–Crippen LogP) is 1.81. The number of rotatable bonds is 4. The van der Waals surface area contributed by atoms with Crippen molar-refractivity contribution in [2.75, 3.05) is 19.7 Å². The smallest absolute Gasteiger partial charge is 0.260 e. The number of hydrogen-bond acceptors (Lipinski definition) is 3. The van der Waals surface area contributed by atoms with Crippen LogP contribution in [0.1, 0.15) is 13.3 Å². The van der Waals surface area contributed by atoms with E-state index in [1.165, 1.54) is 0 Å². The molecule has 1 fully saturated rings. The number of benzene rings is 1. The van der Waals surface area contributed by atoms with Crippen molar-refractivity contribution < 1.29 is 14.6 Å². The molecule has 0 aromatic heterocycles. The molecule has 1 aliphatic heterocycles. The van der Waals surface area contributed by atoms with Gasteiger partial charge in [-0.15, -0.1) is 0 Å². The van der Waals surface area contributed by atoms with Crippen LogP contribution in [0.2, 0.25) is 0 Å². The van der Waals surface area contributed by atoms with Crippen LogP contribution in [0, 0.1) is 0 Å². The summed E-state index contributed by atoms with van der Waals surface area (Å²) in [5.74, 6) is 0.567. The van der Waals surface area contributed by atoms with Crippen LogP contribution >= 0.6 is 15.9 Å². The molecule has 0 spiro atoms. The van der Waals surface area contributed by atoms with Crippen LogP contribution in [-0.4, -0.2) is 41.2 Å². The first-order valence-electron chi connectivity index (χ1n) is 5.91. The summed E-state index contributed by atoms with van der Waals surface area (Å²) in [5, 5.41) is 9.82. The van der Waals surface area contributed by atoms with Crippen LogP contribution in [0.3, 0.4) is 0 Å². The largest absolute Gasteiger partial charge is 0.484 e. The Labute approximate surface area is 115 Å². The zero-order chi connectivity index (χ0) is 13.2. The van der Waals surface area contributed by atoms with Crippen molar-refractivity contribution >= 4 is 21.8 Å². The number of hydrogen-bond donors (Lipinski definition) is 1. The van der Waals surface area contributed by atoms with Crippen LogP contribution in [0.15, 0.2) is 28.7 Å². The standard InChI is InChI=1S/C13H16BrNO3/c1-2-13(17)8-15(9-13)12(16)7-18-11-5-3-4-10(14)6-11/h3-6,17H,2,7-9H2,1H3. The Morgan fingerprint density at radius 1 is 1.56 bits per heavy atom. The van der Waals surface area contributed by atoms with Crippen LogP contribution in [0.4, 0.5) is 0 Å². The molecular formula is C13H16BrNO3. The van der Waals surface area contributed by atoms with Crippen molar-refractivity contribution in [1.82, 2.24) is 4.90 Å². The molecule has 0 radical (unpaired) electrons. The zero-order valence-corrected chi connectivity index (χ0v) is 11.8. The second-order valence-corrected chi connectivity index (χ2v) is 5.49. The molecule has 4 nitrogen and oxygen atoms in total. The van der Waals surface area contributed by atoms with Gasteiger partial charge < -0.3 is 14.7 Å². The quantitative estimate of drug-likeness (QED) is 0.922. The number of amides is 1. The lowest BCUT2D eigenvalue weighted by atomic mass is 9.91. The second-order valence-electron chi connectivity index (χ2n) is 4.57. The second kappa shape index (κ2) is 5.28. The number of carbonyl (C=O) groups excluding carboxylic acids is 1. The van der Waals surface area contributed by atoms with E-state index in [1.807, 2.05) is 25.1 Å². The van der Waals surface area contributed by atoms with E-state index in [0.29, 0.717) is 25.3 Å². The molecule has 1 saturated heterocycles. The fourth-order valence-electron chi connectivity index (χ4n) is 1.86. The summed E-state index contributed by atoms with van der Waals surface area (Å²) in [6.45, 7) is 2.74. The first-order chi connectivity index (χ1) is 8.52. The Bertz CT molecular complexity index is 444. The molecule has 1 aromatic carbocycles. The van der Waals surface area contributed by atoms with Crippen LogP contribution in [0.5, 0.6) is 5.75 Å². The normalized spacial score (nSPS) is 17.2. The van der Waals surface area contributed by atoms with Gasteiger partial charge in [-0.05, 0) is 24.6 Å². The van der Waals surface area contributed by atoms with Crippen molar-refractivity contribution in [3.8, 4) is 5.75 Å². The van der Waals surface area contributed by atoms with E-state index in [0.717, 1.165) is 4.47 Å². The van der Waals surface area contributed by atoms with Gasteiger partial charge in [0, 0.05) is 4.47 Å². The van der Waals surface area contributed by atoms with Gasteiger partial charge in [0.2, 0.25) is 0 Å². The average Bonchev–Trinajstić information content (AvgIpc) is 2.32. The molecule has 0 bridgehead atoms. The molecule has 1 amide bonds.